The number of carbonyl (C=O) groups is 1. The number of hydrogen-bond acceptors (Lipinski definition) is 5. The molecule has 0 saturated heterocycles. The minimum atomic E-state index is -0.616. The Labute approximate surface area is 120 Å². The largest absolute Gasteiger partial charge is 0.399 e. The SMILES string of the molecule is NC(=O)c1ccc(-n2cc(-c3cccc(N)c3)cn2)nn1. The monoisotopic (exact) mass is 280 g/mol. The molecule has 0 spiro atoms. The number of hydrogen-bond donors (Lipinski definition) is 2. The second-order valence-electron chi connectivity index (χ2n) is 4.44. The molecule has 0 fully saturated rings. The summed E-state index contributed by atoms with van der Waals surface area (Å²) >= 11 is 0. The molecule has 0 saturated carbocycles. The van der Waals surface area contributed by atoms with Gasteiger partial charge in [0.15, 0.2) is 11.5 Å². The Morgan fingerprint density at radius 3 is 2.62 bits per heavy atom. The molecular formula is C14H12N6O. The lowest BCUT2D eigenvalue weighted by Crippen LogP contribution is -2.14. The van der Waals surface area contributed by atoms with Crippen LogP contribution in [0.15, 0.2) is 48.8 Å². The van der Waals surface area contributed by atoms with Gasteiger partial charge in [-0.25, -0.2) is 4.68 Å². The Hall–Kier alpha value is -3.22. The van der Waals surface area contributed by atoms with Crippen LogP contribution < -0.4 is 11.5 Å². The number of nitrogens with zero attached hydrogens (tertiary/aromatic N) is 4. The van der Waals surface area contributed by atoms with E-state index in [9.17, 15) is 4.79 Å². The average molecular weight is 280 g/mol. The van der Waals surface area contributed by atoms with Crippen molar-refractivity contribution in [1.82, 2.24) is 20.0 Å². The molecule has 0 bridgehead atoms. The van der Waals surface area contributed by atoms with Crippen molar-refractivity contribution in [2.24, 2.45) is 5.73 Å². The fourth-order valence-corrected chi connectivity index (χ4v) is 1.89. The van der Waals surface area contributed by atoms with Gasteiger partial charge in [-0.3, -0.25) is 4.79 Å². The van der Waals surface area contributed by atoms with Crippen molar-refractivity contribution in [3.8, 4) is 16.9 Å². The zero-order valence-corrected chi connectivity index (χ0v) is 11.0. The molecule has 104 valence electrons. The third kappa shape index (κ3) is 2.57. The fourth-order valence-electron chi connectivity index (χ4n) is 1.89. The number of primary amides is 1. The van der Waals surface area contributed by atoms with Crippen LogP contribution in [0.3, 0.4) is 0 Å². The molecule has 0 aliphatic rings. The van der Waals surface area contributed by atoms with Crippen molar-refractivity contribution >= 4 is 11.6 Å². The number of nitrogens with two attached hydrogens (primary N) is 2. The number of amides is 1. The van der Waals surface area contributed by atoms with Gasteiger partial charge in [0.25, 0.3) is 5.91 Å². The maximum Gasteiger partial charge on any atom is 0.269 e. The summed E-state index contributed by atoms with van der Waals surface area (Å²) in [7, 11) is 0. The van der Waals surface area contributed by atoms with E-state index >= 15 is 0 Å². The summed E-state index contributed by atoms with van der Waals surface area (Å²) in [6, 6.07) is 10.6. The van der Waals surface area contributed by atoms with Crippen LogP contribution in [-0.2, 0) is 0 Å². The summed E-state index contributed by atoms with van der Waals surface area (Å²) in [5.74, 6) is -0.120. The molecule has 21 heavy (non-hydrogen) atoms. The Morgan fingerprint density at radius 1 is 1.10 bits per heavy atom. The van der Waals surface area contributed by atoms with E-state index in [0.717, 1.165) is 11.1 Å². The first-order chi connectivity index (χ1) is 10.1. The lowest BCUT2D eigenvalue weighted by atomic mass is 10.1. The van der Waals surface area contributed by atoms with Crippen LogP contribution in [0.2, 0.25) is 0 Å². The molecule has 7 heteroatoms. The number of benzene rings is 1. The van der Waals surface area contributed by atoms with Crippen molar-refractivity contribution in [1.29, 1.82) is 0 Å². The average Bonchev–Trinajstić information content (AvgIpc) is 2.97. The van der Waals surface area contributed by atoms with Gasteiger partial charge in [0.05, 0.1) is 6.20 Å². The summed E-state index contributed by atoms with van der Waals surface area (Å²) in [6.45, 7) is 0. The first-order valence-corrected chi connectivity index (χ1v) is 6.18. The molecule has 0 aliphatic carbocycles. The predicted octanol–water partition coefficient (Wildman–Crippen LogP) is 1.01. The second-order valence-corrected chi connectivity index (χ2v) is 4.44. The molecular weight excluding hydrogens is 268 g/mol. The zero-order chi connectivity index (χ0) is 14.8. The van der Waals surface area contributed by atoms with E-state index in [1.807, 2.05) is 30.5 Å². The van der Waals surface area contributed by atoms with Gasteiger partial charge in [0, 0.05) is 17.4 Å². The quantitative estimate of drug-likeness (QED) is 0.695. The Balaban J connectivity index is 1.93. The summed E-state index contributed by atoms with van der Waals surface area (Å²) in [4.78, 5) is 11.0. The number of rotatable bonds is 3. The van der Waals surface area contributed by atoms with Gasteiger partial charge in [0.2, 0.25) is 0 Å². The van der Waals surface area contributed by atoms with Crippen LogP contribution >= 0.6 is 0 Å². The maximum atomic E-state index is 11.0. The van der Waals surface area contributed by atoms with E-state index in [1.54, 1.807) is 16.9 Å². The molecule has 0 radical (unpaired) electrons. The molecule has 2 heterocycles. The molecule has 1 aromatic carbocycles. The molecule has 0 unspecified atom stereocenters. The van der Waals surface area contributed by atoms with Gasteiger partial charge in [-0.05, 0) is 29.8 Å². The number of nitrogen functional groups attached to an aromatic ring is 1. The standard InChI is InChI=1S/C14H12N6O/c15-11-3-1-2-9(6-11)10-7-17-20(8-10)13-5-4-12(14(16)21)18-19-13/h1-8H,15H2,(H2,16,21). The van der Waals surface area contributed by atoms with Gasteiger partial charge in [-0.2, -0.15) is 5.10 Å². The third-order valence-corrected chi connectivity index (χ3v) is 2.94. The van der Waals surface area contributed by atoms with Gasteiger partial charge >= 0.3 is 0 Å². The zero-order valence-electron chi connectivity index (χ0n) is 11.0. The minimum absolute atomic E-state index is 0.113. The van der Waals surface area contributed by atoms with E-state index in [2.05, 4.69) is 15.3 Å². The highest BCUT2D eigenvalue weighted by atomic mass is 16.1. The molecule has 2 aromatic heterocycles. The van der Waals surface area contributed by atoms with E-state index < -0.39 is 5.91 Å². The first kappa shape index (κ1) is 12.8. The van der Waals surface area contributed by atoms with E-state index in [0.29, 0.717) is 11.5 Å². The van der Waals surface area contributed by atoms with E-state index in [-0.39, 0.29) is 5.69 Å². The van der Waals surface area contributed by atoms with Crippen molar-refractivity contribution in [2.45, 2.75) is 0 Å². The lowest BCUT2D eigenvalue weighted by molar-refractivity contribution is 0.0994. The van der Waals surface area contributed by atoms with Crippen molar-refractivity contribution < 1.29 is 4.79 Å². The minimum Gasteiger partial charge on any atom is -0.399 e. The Morgan fingerprint density at radius 2 is 1.95 bits per heavy atom. The molecule has 7 nitrogen and oxygen atoms in total. The molecule has 1 amide bonds. The van der Waals surface area contributed by atoms with Gasteiger partial charge in [-0.15, -0.1) is 10.2 Å². The van der Waals surface area contributed by atoms with Crippen molar-refractivity contribution in [2.75, 3.05) is 5.73 Å². The topological polar surface area (TPSA) is 113 Å². The lowest BCUT2D eigenvalue weighted by Gasteiger charge is -2.00. The summed E-state index contributed by atoms with van der Waals surface area (Å²) in [5.41, 5.74) is 13.6. The summed E-state index contributed by atoms with van der Waals surface area (Å²) in [6.07, 6.45) is 3.52. The van der Waals surface area contributed by atoms with Crippen LogP contribution in [-0.4, -0.2) is 25.9 Å². The fraction of sp³-hybridized carbons (Fsp3) is 0. The highest BCUT2D eigenvalue weighted by molar-refractivity contribution is 5.90. The van der Waals surface area contributed by atoms with Crippen molar-refractivity contribution in [3.05, 3.63) is 54.5 Å². The Kier molecular flexibility index (Phi) is 3.07. The number of carbonyl (C=O) groups excluding carboxylic acids is 1. The highest BCUT2D eigenvalue weighted by Crippen LogP contribution is 2.21. The van der Waals surface area contributed by atoms with E-state index in [4.69, 9.17) is 11.5 Å². The first-order valence-electron chi connectivity index (χ1n) is 6.18. The number of aromatic nitrogens is 4. The van der Waals surface area contributed by atoms with Crippen LogP contribution in [0, 0.1) is 0 Å². The van der Waals surface area contributed by atoms with Crippen LogP contribution in [0.1, 0.15) is 10.5 Å². The van der Waals surface area contributed by atoms with Crippen LogP contribution in [0.25, 0.3) is 16.9 Å². The normalized spacial score (nSPS) is 10.5. The summed E-state index contributed by atoms with van der Waals surface area (Å²) in [5, 5.41) is 11.9. The van der Waals surface area contributed by atoms with Gasteiger partial charge < -0.3 is 11.5 Å². The molecule has 3 rings (SSSR count). The number of anilines is 1. The van der Waals surface area contributed by atoms with Crippen molar-refractivity contribution in [3.63, 3.8) is 0 Å². The Bertz CT molecular complexity index is 793. The molecule has 0 aliphatic heterocycles. The molecule has 3 aromatic rings. The van der Waals surface area contributed by atoms with Crippen LogP contribution in [0.5, 0.6) is 0 Å². The maximum absolute atomic E-state index is 11.0. The predicted molar refractivity (Wildman–Crippen MR) is 77.5 cm³/mol. The van der Waals surface area contributed by atoms with E-state index in [1.165, 1.54) is 6.07 Å². The van der Waals surface area contributed by atoms with Gasteiger partial charge in [-0.1, -0.05) is 12.1 Å². The highest BCUT2D eigenvalue weighted by Gasteiger charge is 2.07. The smallest absolute Gasteiger partial charge is 0.269 e. The molecule has 0 atom stereocenters. The van der Waals surface area contributed by atoms with Crippen LogP contribution in [0.4, 0.5) is 5.69 Å². The van der Waals surface area contributed by atoms with Gasteiger partial charge in [0.1, 0.15) is 0 Å². The molecule has 4 N–H and O–H groups in total. The summed E-state index contributed by atoms with van der Waals surface area (Å²) < 4.78 is 1.57. The third-order valence-electron chi connectivity index (χ3n) is 2.94. The second kappa shape index (κ2) is 5.04.